The third kappa shape index (κ3) is 8.10. The Morgan fingerprint density at radius 2 is 1.53 bits per heavy atom. The summed E-state index contributed by atoms with van der Waals surface area (Å²) < 4.78 is 10.2. The fourth-order valence-corrected chi connectivity index (χ4v) is 2.35. The highest BCUT2D eigenvalue weighted by molar-refractivity contribution is 5.99. The van der Waals surface area contributed by atoms with Gasteiger partial charge in [-0.3, -0.25) is 14.9 Å². The van der Waals surface area contributed by atoms with Gasteiger partial charge in [-0.05, 0) is 57.9 Å². The van der Waals surface area contributed by atoms with E-state index in [9.17, 15) is 19.2 Å². The Bertz CT molecular complexity index is 768. The molecule has 0 spiro atoms. The van der Waals surface area contributed by atoms with E-state index in [-0.39, 0.29) is 5.92 Å². The van der Waals surface area contributed by atoms with Gasteiger partial charge in [0.25, 0.3) is 11.8 Å². The summed E-state index contributed by atoms with van der Waals surface area (Å²) >= 11 is 0. The van der Waals surface area contributed by atoms with Crippen molar-refractivity contribution >= 4 is 23.8 Å². The van der Waals surface area contributed by atoms with Crippen molar-refractivity contribution in [2.75, 3.05) is 7.11 Å². The first-order chi connectivity index (χ1) is 13.8. The molecule has 1 aromatic rings. The molecule has 166 valence electrons. The number of esters is 1. The maximum Gasteiger partial charge on any atom is 0.329 e. The van der Waals surface area contributed by atoms with Gasteiger partial charge in [0.2, 0.25) is 0 Å². The molecular weight excluding hydrogens is 390 g/mol. The molecule has 9 nitrogen and oxygen atoms in total. The van der Waals surface area contributed by atoms with Crippen LogP contribution in [0, 0.1) is 5.92 Å². The third-order valence-electron chi connectivity index (χ3n) is 3.95. The number of rotatable bonds is 7. The van der Waals surface area contributed by atoms with Gasteiger partial charge >= 0.3 is 12.0 Å². The molecule has 0 fully saturated rings. The second-order valence-electron chi connectivity index (χ2n) is 8.20. The highest BCUT2D eigenvalue weighted by atomic mass is 16.5. The highest BCUT2D eigenvalue weighted by Crippen LogP contribution is 2.13. The van der Waals surface area contributed by atoms with E-state index >= 15 is 0 Å². The van der Waals surface area contributed by atoms with E-state index in [0.29, 0.717) is 11.3 Å². The maximum absolute atomic E-state index is 12.5. The number of methoxy groups -OCH3 is 1. The molecule has 0 unspecified atom stereocenters. The van der Waals surface area contributed by atoms with Gasteiger partial charge in [0.15, 0.2) is 6.10 Å². The average molecular weight is 421 g/mol. The summed E-state index contributed by atoms with van der Waals surface area (Å²) in [6.45, 7) is 10.1. The van der Waals surface area contributed by atoms with Crippen LogP contribution in [0.15, 0.2) is 24.3 Å². The molecule has 9 heteroatoms. The fraction of sp³-hybridized carbons (Fsp3) is 0.524. The van der Waals surface area contributed by atoms with E-state index in [0.717, 1.165) is 0 Å². The Labute approximate surface area is 176 Å². The lowest BCUT2D eigenvalue weighted by Gasteiger charge is -2.24. The topological polar surface area (TPSA) is 123 Å². The van der Waals surface area contributed by atoms with Gasteiger partial charge < -0.3 is 20.1 Å². The number of carbonyl (C=O) groups is 4. The van der Waals surface area contributed by atoms with Gasteiger partial charge in [0.05, 0.1) is 7.11 Å². The molecule has 2 atom stereocenters. The Morgan fingerprint density at radius 3 is 2.00 bits per heavy atom. The fourth-order valence-electron chi connectivity index (χ4n) is 2.35. The molecule has 0 aromatic heterocycles. The molecule has 0 saturated carbocycles. The van der Waals surface area contributed by atoms with Crippen molar-refractivity contribution < 1.29 is 28.7 Å². The molecule has 4 amide bonds. The molecule has 1 aromatic carbocycles. The minimum absolute atomic E-state index is 0.292. The van der Waals surface area contributed by atoms with Crippen molar-refractivity contribution in [3.8, 4) is 5.75 Å². The summed E-state index contributed by atoms with van der Waals surface area (Å²) in [5, 5.41) is 7.32. The van der Waals surface area contributed by atoms with Crippen LogP contribution in [0.3, 0.4) is 0 Å². The van der Waals surface area contributed by atoms with Crippen molar-refractivity contribution in [3.05, 3.63) is 29.8 Å². The highest BCUT2D eigenvalue weighted by Gasteiger charge is 2.30. The van der Waals surface area contributed by atoms with Crippen molar-refractivity contribution in [3.63, 3.8) is 0 Å². The minimum Gasteiger partial charge on any atom is -0.497 e. The Balaban J connectivity index is 2.72. The van der Waals surface area contributed by atoms with Crippen LogP contribution in [-0.4, -0.2) is 48.6 Å². The third-order valence-corrected chi connectivity index (χ3v) is 3.95. The zero-order valence-corrected chi connectivity index (χ0v) is 18.5. The number of nitrogens with one attached hydrogen (secondary N) is 3. The van der Waals surface area contributed by atoms with Crippen LogP contribution < -0.4 is 20.7 Å². The Morgan fingerprint density at radius 1 is 0.967 bits per heavy atom. The molecule has 1 rings (SSSR count). The van der Waals surface area contributed by atoms with Gasteiger partial charge in [0.1, 0.15) is 11.8 Å². The van der Waals surface area contributed by atoms with Gasteiger partial charge in [-0.2, -0.15) is 0 Å². The van der Waals surface area contributed by atoms with Gasteiger partial charge in [-0.15, -0.1) is 0 Å². The molecule has 0 bridgehead atoms. The average Bonchev–Trinajstić information content (AvgIpc) is 2.63. The first kappa shape index (κ1) is 24.9. The largest absolute Gasteiger partial charge is 0.497 e. The summed E-state index contributed by atoms with van der Waals surface area (Å²) in [4.78, 5) is 48.9. The molecule has 0 heterocycles. The van der Waals surface area contributed by atoms with Crippen LogP contribution in [0.1, 0.15) is 51.9 Å². The van der Waals surface area contributed by atoms with Crippen LogP contribution in [0.4, 0.5) is 4.79 Å². The van der Waals surface area contributed by atoms with Crippen molar-refractivity contribution in [1.29, 1.82) is 0 Å². The standard InChI is InChI=1S/C21H31N3O6/c1-12(2)16(22-18(26)14-8-10-15(29-7)11-9-14)19(27)30-13(3)17(25)23-20(28)24-21(4,5)6/h8-13,16H,1-7H3,(H,22,26)(H2,23,24,25,28)/t13-,16-/m0/s1. The normalized spacial score (nSPS) is 13.1. The van der Waals surface area contributed by atoms with E-state index in [1.165, 1.54) is 14.0 Å². The molecule has 0 saturated heterocycles. The second kappa shape index (κ2) is 10.6. The summed E-state index contributed by atoms with van der Waals surface area (Å²) in [6.07, 6.45) is -1.22. The molecular formula is C21H31N3O6. The van der Waals surface area contributed by atoms with Crippen LogP contribution in [-0.2, 0) is 14.3 Å². The number of ether oxygens (including phenoxy) is 2. The molecule has 30 heavy (non-hydrogen) atoms. The second-order valence-corrected chi connectivity index (χ2v) is 8.20. The van der Waals surface area contributed by atoms with E-state index in [1.807, 2.05) is 0 Å². The first-order valence-corrected chi connectivity index (χ1v) is 9.62. The molecule has 0 aliphatic heterocycles. The zero-order chi connectivity index (χ0) is 23.1. The monoisotopic (exact) mass is 421 g/mol. The van der Waals surface area contributed by atoms with Gasteiger partial charge in [0, 0.05) is 11.1 Å². The van der Waals surface area contributed by atoms with E-state index in [2.05, 4.69) is 16.0 Å². The number of carbonyl (C=O) groups excluding carboxylic acids is 4. The van der Waals surface area contributed by atoms with E-state index < -0.39 is 41.5 Å². The molecule has 0 aliphatic carbocycles. The van der Waals surface area contributed by atoms with Crippen LogP contribution in [0.2, 0.25) is 0 Å². The lowest BCUT2D eigenvalue weighted by Crippen LogP contribution is -2.52. The van der Waals surface area contributed by atoms with Gasteiger partial charge in [-0.1, -0.05) is 13.8 Å². The lowest BCUT2D eigenvalue weighted by atomic mass is 10.0. The number of benzene rings is 1. The van der Waals surface area contributed by atoms with Crippen molar-refractivity contribution in [1.82, 2.24) is 16.0 Å². The van der Waals surface area contributed by atoms with Crippen molar-refractivity contribution in [2.45, 2.75) is 59.2 Å². The number of hydrogen-bond donors (Lipinski definition) is 3. The summed E-state index contributed by atoms with van der Waals surface area (Å²) in [6, 6.07) is 4.74. The molecule has 0 aliphatic rings. The van der Waals surface area contributed by atoms with Crippen LogP contribution >= 0.6 is 0 Å². The zero-order valence-electron chi connectivity index (χ0n) is 18.5. The quantitative estimate of drug-likeness (QED) is 0.579. The Hall–Kier alpha value is -3.10. The smallest absolute Gasteiger partial charge is 0.329 e. The lowest BCUT2D eigenvalue weighted by molar-refractivity contribution is -0.157. The number of urea groups is 1. The molecule has 0 radical (unpaired) electrons. The number of imide groups is 1. The predicted octanol–water partition coefficient (Wildman–Crippen LogP) is 2.01. The maximum atomic E-state index is 12.5. The summed E-state index contributed by atoms with van der Waals surface area (Å²) in [5.74, 6) is -1.70. The van der Waals surface area contributed by atoms with E-state index in [4.69, 9.17) is 9.47 Å². The van der Waals surface area contributed by atoms with Crippen LogP contribution in [0.25, 0.3) is 0 Å². The van der Waals surface area contributed by atoms with Gasteiger partial charge in [-0.25, -0.2) is 9.59 Å². The predicted molar refractivity (Wildman–Crippen MR) is 111 cm³/mol. The van der Waals surface area contributed by atoms with Crippen molar-refractivity contribution in [2.24, 2.45) is 5.92 Å². The summed E-state index contributed by atoms with van der Waals surface area (Å²) in [7, 11) is 1.52. The Kier molecular flexibility index (Phi) is 8.82. The first-order valence-electron chi connectivity index (χ1n) is 9.62. The summed E-state index contributed by atoms with van der Waals surface area (Å²) in [5.41, 5.74) is -0.183. The number of amides is 4. The SMILES string of the molecule is COc1ccc(C(=O)N[C@H](C(=O)O[C@@H](C)C(=O)NC(=O)NC(C)(C)C)C(C)C)cc1. The van der Waals surface area contributed by atoms with E-state index in [1.54, 1.807) is 58.9 Å². The molecule has 3 N–H and O–H groups in total. The minimum atomic E-state index is -1.22. The number of hydrogen-bond acceptors (Lipinski definition) is 6. The van der Waals surface area contributed by atoms with Crippen LogP contribution in [0.5, 0.6) is 5.75 Å².